The third-order valence-corrected chi connectivity index (χ3v) is 2.63. The predicted octanol–water partition coefficient (Wildman–Crippen LogP) is 1.69. The zero-order valence-corrected chi connectivity index (χ0v) is 8.16. The topological polar surface area (TPSA) is 63.9 Å². The Hall–Kier alpha value is -1.81. The van der Waals surface area contributed by atoms with Crippen molar-refractivity contribution >= 4 is 5.82 Å². The molecule has 1 aliphatic heterocycles. The molecule has 4 heteroatoms. The molecule has 0 fully saturated rings. The number of aromatic nitrogens is 2. The maximum Gasteiger partial charge on any atom is 0.145 e. The molecule has 0 radical (unpaired) electrons. The Morgan fingerprint density at radius 3 is 2.87 bits per heavy atom. The van der Waals surface area contributed by atoms with Crippen molar-refractivity contribution in [1.29, 1.82) is 0 Å². The van der Waals surface area contributed by atoms with Gasteiger partial charge < -0.3 is 10.5 Å². The molecule has 0 bridgehead atoms. The van der Waals surface area contributed by atoms with E-state index < -0.39 is 0 Å². The van der Waals surface area contributed by atoms with E-state index in [1.54, 1.807) is 0 Å². The molecule has 76 valence electrons. The maximum atomic E-state index is 5.56. The smallest absolute Gasteiger partial charge is 0.145 e. The number of hydrogen-bond donors (Lipinski definition) is 2. The van der Waals surface area contributed by atoms with Gasteiger partial charge in [-0.15, -0.1) is 0 Å². The lowest BCUT2D eigenvalue weighted by Gasteiger charge is -2.00. The van der Waals surface area contributed by atoms with Gasteiger partial charge in [-0.1, -0.05) is 12.1 Å². The van der Waals surface area contributed by atoms with Gasteiger partial charge in [0, 0.05) is 6.07 Å². The van der Waals surface area contributed by atoms with Crippen LogP contribution in [-0.2, 0) is 18.0 Å². The quantitative estimate of drug-likeness (QED) is 0.737. The number of hydrogen-bond acceptors (Lipinski definition) is 3. The summed E-state index contributed by atoms with van der Waals surface area (Å²) in [5.41, 5.74) is 10.1. The molecule has 3 rings (SSSR count). The van der Waals surface area contributed by atoms with Crippen LogP contribution in [0.4, 0.5) is 5.82 Å². The van der Waals surface area contributed by atoms with Crippen molar-refractivity contribution in [3.05, 3.63) is 35.4 Å². The fourth-order valence-electron chi connectivity index (χ4n) is 1.82. The molecule has 0 amide bonds. The van der Waals surface area contributed by atoms with E-state index in [9.17, 15) is 0 Å². The van der Waals surface area contributed by atoms with E-state index in [-0.39, 0.29) is 0 Å². The number of ether oxygens (including phenoxy) is 1. The summed E-state index contributed by atoms with van der Waals surface area (Å²) in [5, 5.41) is 6.81. The van der Waals surface area contributed by atoms with E-state index in [2.05, 4.69) is 28.4 Å². The van der Waals surface area contributed by atoms with Gasteiger partial charge in [0.25, 0.3) is 0 Å². The monoisotopic (exact) mass is 201 g/mol. The summed E-state index contributed by atoms with van der Waals surface area (Å²) in [4.78, 5) is 0. The number of fused-ring (bicyclic) bond motifs is 1. The van der Waals surface area contributed by atoms with Crippen LogP contribution in [0.3, 0.4) is 0 Å². The molecular formula is C11H11N3O. The first-order valence-electron chi connectivity index (χ1n) is 4.84. The van der Waals surface area contributed by atoms with E-state index in [0.29, 0.717) is 12.4 Å². The molecule has 0 saturated carbocycles. The molecule has 4 nitrogen and oxygen atoms in total. The molecule has 0 atom stereocenters. The van der Waals surface area contributed by atoms with Crippen molar-refractivity contribution in [1.82, 2.24) is 10.2 Å². The summed E-state index contributed by atoms with van der Waals surface area (Å²) >= 11 is 0. The van der Waals surface area contributed by atoms with E-state index >= 15 is 0 Å². The van der Waals surface area contributed by atoms with Gasteiger partial charge in [0.1, 0.15) is 5.82 Å². The Balaban J connectivity index is 2.06. The third-order valence-electron chi connectivity index (χ3n) is 2.63. The Kier molecular flexibility index (Phi) is 1.76. The van der Waals surface area contributed by atoms with Crippen LogP contribution in [0.5, 0.6) is 0 Å². The van der Waals surface area contributed by atoms with Gasteiger partial charge in [-0.2, -0.15) is 5.10 Å². The highest BCUT2D eigenvalue weighted by Gasteiger charge is 2.12. The van der Waals surface area contributed by atoms with Crippen LogP contribution in [0.1, 0.15) is 11.1 Å². The van der Waals surface area contributed by atoms with Gasteiger partial charge in [0.05, 0.1) is 18.9 Å². The highest BCUT2D eigenvalue weighted by atomic mass is 16.5. The zero-order valence-electron chi connectivity index (χ0n) is 8.16. The molecule has 1 aliphatic rings. The Morgan fingerprint density at radius 2 is 2.07 bits per heavy atom. The Labute approximate surface area is 87.1 Å². The van der Waals surface area contributed by atoms with E-state index in [0.717, 1.165) is 17.9 Å². The van der Waals surface area contributed by atoms with Crippen LogP contribution in [-0.4, -0.2) is 10.2 Å². The van der Waals surface area contributed by atoms with Crippen LogP contribution in [0.25, 0.3) is 11.3 Å². The summed E-state index contributed by atoms with van der Waals surface area (Å²) in [6, 6.07) is 8.10. The van der Waals surface area contributed by atoms with Crippen molar-refractivity contribution < 1.29 is 4.74 Å². The van der Waals surface area contributed by atoms with Crippen LogP contribution in [0, 0.1) is 0 Å². The van der Waals surface area contributed by atoms with Crippen molar-refractivity contribution in [3.8, 4) is 11.3 Å². The number of rotatable bonds is 1. The summed E-state index contributed by atoms with van der Waals surface area (Å²) in [5.74, 6) is 0.516. The number of nitrogens with one attached hydrogen (secondary N) is 1. The average molecular weight is 201 g/mol. The highest BCUT2D eigenvalue weighted by Crippen LogP contribution is 2.26. The van der Waals surface area contributed by atoms with Crippen LogP contribution in [0.2, 0.25) is 0 Å². The zero-order chi connectivity index (χ0) is 10.3. The number of nitrogens with zero attached hydrogens (tertiary/aromatic N) is 1. The first-order valence-corrected chi connectivity index (χ1v) is 4.84. The van der Waals surface area contributed by atoms with Gasteiger partial charge >= 0.3 is 0 Å². The van der Waals surface area contributed by atoms with Crippen LogP contribution in [0.15, 0.2) is 24.3 Å². The van der Waals surface area contributed by atoms with E-state index in [1.807, 2.05) is 6.07 Å². The SMILES string of the molecule is Nc1cc(-c2ccc3c(c2)COC3)[nH]n1. The molecule has 3 N–H and O–H groups in total. The normalized spacial score (nSPS) is 14.1. The van der Waals surface area contributed by atoms with Gasteiger partial charge in [-0.3, -0.25) is 5.10 Å². The minimum absolute atomic E-state index is 0.516. The van der Waals surface area contributed by atoms with Crippen molar-refractivity contribution in [2.24, 2.45) is 0 Å². The number of benzene rings is 1. The summed E-state index contributed by atoms with van der Waals surface area (Å²) < 4.78 is 5.36. The minimum Gasteiger partial charge on any atom is -0.382 e. The fourth-order valence-corrected chi connectivity index (χ4v) is 1.82. The summed E-state index contributed by atoms with van der Waals surface area (Å²) in [6.45, 7) is 1.42. The first kappa shape index (κ1) is 8.49. The third kappa shape index (κ3) is 1.39. The molecule has 1 aromatic carbocycles. The lowest BCUT2D eigenvalue weighted by Crippen LogP contribution is -1.84. The van der Waals surface area contributed by atoms with Crippen LogP contribution >= 0.6 is 0 Å². The minimum atomic E-state index is 0.516. The molecule has 0 aliphatic carbocycles. The molecule has 15 heavy (non-hydrogen) atoms. The van der Waals surface area contributed by atoms with Crippen molar-refractivity contribution in [2.45, 2.75) is 13.2 Å². The predicted molar refractivity (Wildman–Crippen MR) is 56.9 cm³/mol. The second-order valence-electron chi connectivity index (χ2n) is 3.68. The maximum absolute atomic E-state index is 5.56. The van der Waals surface area contributed by atoms with Crippen molar-refractivity contribution in [3.63, 3.8) is 0 Å². The molecule has 0 saturated heterocycles. The number of aromatic amines is 1. The first-order chi connectivity index (χ1) is 7.33. The average Bonchev–Trinajstić information content (AvgIpc) is 2.84. The van der Waals surface area contributed by atoms with Crippen LogP contribution < -0.4 is 5.73 Å². The fraction of sp³-hybridized carbons (Fsp3) is 0.182. The number of nitrogen functional groups attached to an aromatic ring is 1. The molecule has 0 unspecified atom stereocenters. The van der Waals surface area contributed by atoms with E-state index in [1.165, 1.54) is 11.1 Å². The molecule has 2 heterocycles. The van der Waals surface area contributed by atoms with Gasteiger partial charge in [-0.25, -0.2) is 0 Å². The largest absolute Gasteiger partial charge is 0.382 e. The van der Waals surface area contributed by atoms with Gasteiger partial charge in [0.15, 0.2) is 0 Å². The number of anilines is 1. The molecule has 1 aromatic heterocycles. The van der Waals surface area contributed by atoms with Crippen molar-refractivity contribution in [2.75, 3.05) is 5.73 Å². The highest BCUT2D eigenvalue weighted by molar-refractivity contribution is 5.63. The van der Waals surface area contributed by atoms with Gasteiger partial charge in [0.2, 0.25) is 0 Å². The molecular weight excluding hydrogens is 190 g/mol. The Bertz CT molecular complexity index is 504. The summed E-state index contributed by atoms with van der Waals surface area (Å²) in [6.07, 6.45) is 0. The lowest BCUT2D eigenvalue weighted by molar-refractivity contribution is 0.134. The molecule has 0 spiro atoms. The van der Waals surface area contributed by atoms with Gasteiger partial charge in [-0.05, 0) is 22.8 Å². The van der Waals surface area contributed by atoms with E-state index in [4.69, 9.17) is 10.5 Å². The summed E-state index contributed by atoms with van der Waals surface area (Å²) in [7, 11) is 0. The number of H-pyrrole nitrogens is 1. The Morgan fingerprint density at radius 1 is 1.20 bits per heavy atom. The lowest BCUT2D eigenvalue weighted by atomic mass is 10.0. The standard InChI is InChI=1S/C11H11N3O/c12-11-4-10(13-14-11)7-1-2-8-5-15-6-9(8)3-7/h1-4H,5-6H2,(H3,12,13,14). The molecule has 2 aromatic rings. The second kappa shape index (κ2) is 3.10. The number of nitrogens with two attached hydrogens (primary N) is 1. The second-order valence-corrected chi connectivity index (χ2v) is 3.68.